The summed E-state index contributed by atoms with van der Waals surface area (Å²) in [7, 11) is 0. The minimum Gasteiger partial charge on any atom is -0.396 e. The predicted octanol–water partition coefficient (Wildman–Crippen LogP) is 0.346. The van der Waals surface area contributed by atoms with Crippen LogP contribution in [0.25, 0.3) is 11.4 Å². The first-order chi connectivity index (χ1) is 15.0. The Morgan fingerprint density at radius 3 is 2.68 bits per heavy atom. The topological polar surface area (TPSA) is 144 Å². The second kappa shape index (κ2) is 11.0. The Morgan fingerprint density at radius 1 is 1.19 bits per heavy atom. The summed E-state index contributed by atoms with van der Waals surface area (Å²) in [6.45, 7) is 4.18. The van der Waals surface area contributed by atoms with Gasteiger partial charge < -0.3 is 21.5 Å². The van der Waals surface area contributed by atoms with Gasteiger partial charge in [0.2, 0.25) is 5.96 Å². The Labute approximate surface area is 179 Å². The monoisotopic (exact) mass is 428 g/mol. The fraction of sp³-hybridized carbons (Fsp3) is 0.300. The lowest BCUT2D eigenvalue weighted by Gasteiger charge is -2.26. The number of halogens is 1. The van der Waals surface area contributed by atoms with Crippen LogP contribution < -0.4 is 22.1 Å². The summed E-state index contributed by atoms with van der Waals surface area (Å²) in [5.74, 6) is -0.802. The van der Waals surface area contributed by atoms with E-state index in [0.29, 0.717) is 31.9 Å². The Morgan fingerprint density at radius 2 is 1.97 bits per heavy atom. The standard InChI is InChI=1S/C20H25FN8O2/c21-16-13-25-5-3-15(16)17(22)18(14-2-1-4-24-12-14)27-19(23)28-20(30)26-6-7-29-8-10-31-11-9-29/h1-5,12-13H,6-11,22H2,(H4,23,26,27,28,30)/b18-17-. The molecule has 2 amide bonds. The molecule has 2 aromatic heterocycles. The number of hydrogen-bond donors (Lipinski definition) is 4. The number of guanidine groups is 1. The fourth-order valence-electron chi connectivity index (χ4n) is 2.97. The van der Waals surface area contributed by atoms with E-state index in [1.807, 2.05) is 0 Å². The molecule has 2 aromatic rings. The van der Waals surface area contributed by atoms with Crippen LogP contribution in [0.5, 0.6) is 0 Å². The van der Waals surface area contributed by atoms with E-state index in [-0.39, 0.29) is 22.9 Å². The number of aliphatic imine (C=N–C) groups is 1. The molecule has 11 heteroatoms. The van der Waals surface area contributed by atoms with Gasteiger partial charge in [-0.05, 0) is 18.2 Å². The molecule has 3 heterocycles. The van der Waals surface area contributed by atoms with E-state index < -0.39 is 11.8 Å². The number of urea groups is 1. The maximum absolute atomic E-state index is 14.2. The number of rotatable bonds is 6. The number of nitrogens with two attached hydrogens (primary N) is 2. The van der Waals surface area contributed by atoms with Crippen molar-refractivity contribution in [3.05, 3.63) is 59.9 Å². The largest absolute Gasteiger partial charge is 0.396 e. The van der Waals surface area contributed by atoms with E-state index in [1.54, 1.807) is 18.3 Å². The summed E-state index contributed by atoms with van der Waals surface area (Å²) < 4.78 is 19.5. The molecule has 0 aliphatic carbocycles. The van der Waals surface area contributed by atoms with E-state index in [0.717, 1.165) is 19.3 Å². The molecule has 1 fully saturated rings. The molecule has 1 aliphatic heterocycles. The zero-order valence-corrected chi connectivity index (χ0v) is 16.9. The molecule has 0 bridgehead atoms. The van der Waals surface area contributed by atoms with E-state index in [1.165, 1.54) is 18.5 Å². The van der Waals surface area contributed by atoms with Crippen molar-refractivity contribution in [2.24, 2.45) is 16.5 Å². The molecule has 1 aliphatic rings. The summed E-state index contributed by atoms with van der Waals surface area (Å²) in [4.78, 5) is 26.3. The van der Waals surface area contributed by atoms with Gasteiger partial charge in [0.05, 0.1) is 30.8 Å². The number of pyridine rings is 2. The second-order valence-corrected chi connectivity index (χ2v) is 6.69. The lowest BCUT2D eigenvalue weighted by molar-refractivity contribution is 0.0387. The lowest BCUT2D eigenvalue weighted by atomic mass is 10.1. The summed E-state index contributed by atoms with van der Waals surface area (Å²) in [5, 5.41) is 5.18. The van der Waals surface area contributed by atoms with Crippen molar-refractivity contribution in [2.45, 2.75) is 0 Å². The minimum absolute atomic E-state index is 0.0328. The van der Waals surface area contributed by atoms with Gasteiger partial charge in [-0.25, -0.2) is 14.2 Å². The van der Waals surface area contributed by atoms with Crippen LogP contribution in [0.15, 0.2) is 48.0 Å². The van der Waals surface area contributed by atoms with Gasteiger partial charge in [-0.3, -0.25) is 20.2 Å². The molecule has 6 N–H and O–H groups in total. The van der Waals surface area contributed by atoms with Crippen molar-refractivity contribution in [2.75, 3.05) is 39.4 Å². The first-order valence-corrected chi connectivity index (χ1v) is 9.73. The zero-order chi connectivity index (χ0) is 22.1. The average molecular weight is 428 g/mol. The summed E-state index contributed by atoms with van der Waals surface area (Å²) in [6.07, 6.45) is 5.56. The molecule has 0 aromatic carbocycles. The predicted molar refractivity (Wildman–Crippen MR) is 115 cm³/mol. The maximum Gasteiger partial charge on any atom is 0.321 e. The van der Waals surface area contributed by atoms with Gasteiger partial charge in [-0.1, -0.05) is 0 Å². The minimum atomic E-state index is -0.607. The number of carbonyl (C=O) groups excluding carboxylic acids is 1. The zero-order valence-electron chi connectivity index (χ0n) is 16.9. The van der Waals surface area contributed by atoms with E-state index in [2.05, 4.69) is 30.5 Å². The van der Waals surface area contributed by atoms with Crippen LogP contribution in [0, 0.1) is 5.82 Å². The number of ether oxygens (including phenoxy) is 1. The van der Waals surface area contributed by atoms with Crippen LogP contribution in [0.2, 0.25) is 0 Å². The van der Waals surface area contributed by atoms with Crippen molar-refractivity contribution >= 4 is 23.4 Å². The van der Waals surface area contributed by atoms with Crippen LogP contribution in [0.3, 0.4) is 0 Å². The molecular formula is C20H25FN8O2. The van der Waals surface area contributed by atoms with Gasteiger partial charge in [0.15, 0.2) is 5.82 Å². The van der Waals surface area contributed by atoms with Gasteiger partial charge in [0.25, 0.3) is 0 Å². The molecular weight excluding hydrogens is 403 g/mol. The lowest BCUT2D eigenvalue weighted by Crippen LogP contribution is -2.46. The van der Waals surface area contributed by atoms with Gasteiger partial charge in [0, 0.05) is 55.9 Å². The third-order valence-electron chi connectivity index (χ3n) is 4.54. The number of amides is 2. The first-order valence-electron chi connectivity index (χ1n) is 9.73. The molecule has 164 valence electrons. The number of nitrogens with zero attached hydrogens (tertiary/aromatic N) is 4. The third kappa shape index (κ3) is 6.46. The van der Waals surface area contributed by atoms with Crippen molar-refractivity contribution in [1.29, 1.82) is 0 Å². The SMILES string of the molecule is N/C(=C(\N=C(/N)NC(=O)NCCN1CCOCC1)c1cccnc1)c1ccncc1F. The summed E-state index contributed by atoms with van der Waals surface area (Å²) in [6, 6.07) is 4.31. The molecule has 10 nitrogen and oxygen atoms in total. The first kappa shape index (κ1) is 22.1. The molecule has 0 atom stereocenters. The molecule has 0 radical (unpaired) electrons. The van der Waals surface area contributed by atoms with Gasteiger partial charge in [-0.2, -0.15) is 0 Å². The number of aromatic nitrogens is 2. The fourth-order valence-corrected chi connectivity index (χ4v) is 2.97. The van der Waals surface area contributed by atoms with Crippen LogP contribution in [0.4, 0.5) is 9.18 Å². The highest BCUT2D eigenvalue weighted by Gasteiger charge is 2.14. The Bertz CT molecular complexity index is 945. The third-order valence-corrected chi connectivity index (χ3v) is 4.54. The number of morpholine rings is 1. The van der Waals surface area contributed by atoms with Gasteiger partial charge in [-0.15, -0.1) is 0 Å². The highest BCUT2D eigenvalue weighted by Crippen LogP contribution is 2.24. The van der Waals surface area contributed by atoms with E-state index in [4.69, 9.17) is 16.2 Å². The Hall–Kier alpha value is -3.57. The highest BCUT2D eigenvalue weighted by atomic mass is 19.1. The molecule has 0 unspecified atom stereocenters. The van der Waals surface area contributed by atoms with Gasteiger partial charge >= 0.3 is 6.03 Å². The molecule has 31 heavy (non-hydrogen) atoms. The molecule has 1 saturated heterocycles. The molecule has 0 spiro atoms. The number of carbonyl (C=O) groups is 1. The van der Waals surface area contributed by atoms with Crippen LogP contribution in [-0.2, 0) is 4.74 Å². The highest BCUT2D eigenvalue weighted by molar-refractivity contribution is 6.00. The van der Waals surface area contributed by atoms with Crippen LogP contribution in [-0.4, -0.2) is 66.3 Å². The Kier molecular flexibility index (Phi) is 7.85. The quantitative estimate of drug-likeness (QED) is 0.384. The molecule has 3 rings (SSSR count). The van der Waals surface area contributed by atoms with Crippen LogP contribution in [0.1, 0.15) is 11.1 Å². The normalized spacial score (nSPS) is 15.8. The van der Waals surface area contributed by atoms with Gasteiger partial charge in [0.1, 0.15) is 0 Å². The maximum atomic E-state index is 14.2. The average Bonchev–Trinajstić information content (AvgIpc) is 2.78. The van der Waals surface area contributed by atoms with E-state index >= 15 is 0 Å². The summed E-state index contributed by atoms with van der Waals surface area (Å²) >= 11 is 0. The van der Waals surface area contributed by atoms with Crippen molar-refractivity contribution in [3.63, 3.8) is 0 Å². The smallest absolute Gasteiger partial charge is 0.321 e. The van der Waals surface area contributed by atoms with Crippen molar-refractivity contribution in [3.8, 4) is 0 Å². The van der Waals surface area contributed by atoms with Crippen molar-refractivity contribution < 1.29 is 13.9 Å². The van der Waals surface area contributed by atoms with Crippen LogP contribution >= 0.6 is 0 Å². The Balaban J connectivity index is 1.71. The number of nitrogens with one attached hydrogen (secondary N) is 2. The van der Waals surface area contributed by atoms with Crippen molar-refractivity contribution in [1.82, 2.24) is 25.5 Å². The number of hydrogen-bond acceptors (Lipinski definition) is 7. The summed E-state index contributed by atoms with van der Waals surface area (Å²) in [5.41, 5.74) is 12.9. The van der Waals surface area contributed by atoms with E-state index in [9.17, 15) is 9.18 Å². The second-order valence-electron chi connectivity index (χ2n) is 6.69. The molecule has 0 saturated carbocycles.